The molecule has 19 heavy (non-hydrogen) atoms. The Bertz CT molecular complexity index is 377. The second kappa shape index (κ2) is 6.92. The maximum Gasteiger partial charge on any atom is 0.0698 e. The summed E-state index contributed by atoms with van der Waals surface area (Å²) < 4.78 is 5.47. The third kappa shape index (κ3) is 4.22. The van der Waals surface area contributed by atoms with Crippen LogP contribution in [-0.2, 0) is 4.74 Å². The van der Waals surface area contributed by atoms with Crippen LogP contribution in [0.25, 0.3) is 0 Å². The smallest absolute Gasteiger partial charge is 0.0698 e. The van der Waals surface area contributed by atoms with Gasteiger partial charge in [0.15, 0.2) is 0 Å². The summed E-state index contributed by atoms with van der Waals surface area (Å²) in [5, 5.41) is 0. The zero-order valence-corrected chi connectivity index (χ0v) is 12.1. The van der Waals surface area contributed by atoms with Crippen molar-refractivity contribution in [1.29, 1.82) is 0 Å². The highest BCUT2D eigenvalue weighted by molar-refractivity contribution is 5.40. The first-order valence-electron chi connectivity index (χ1n) is 7.29. The van der Waals surface area contributed by atoms with Gasteiger partial charge in [-0.05, 0) is 56.0 Å². The zero-order valence-electron chi connectivity index (χ0n) is 12.1. The molecule has 0 saturated carbocycles. The van der Waals surface area contributed by atoms with E-state index in [0.29, 0.717) is 12.0 Å². The minimum Gasteiger partial charge on any atom is -0.399 e. The molecule has 1 fully saturated rings. The van der Waals surface area contributed by atoms with Gasteiger partial charge in [0.2, 0.25) is 0 Å². The molecule has 1 heterocycles. The molecule has 2 atom stereocenters. The minimum absolute atomic E-state index is 0.431. The maximum atomic E-state index is 5.73. The van der Waals surface area contributed by atoms with Gasteiger partial charge >= 0.3 is 0 Å². The van der Waals surface area contributed by atoms with E-state index in [9.17, 15) is 0 Å². The van der Waals surface area contributed by atoms with Gasteiger partial charge in [0.25, 0.3) is 0 Å². The number of nitrogens with two attached hydrogens (primary N) is 1. The molecule has 2 rings (SSSR count). The van der Waals surface area contributed by atoms with Crippen LogP contribution >= 0.6 is 0 Å². The highest BCUT2D eigenvalue weighted by Crippen LogP contribution is 2.21. The number of hydrogen-bond donors (Lipinski definition) is 1. The standard InChI is InChI=1S/C16H26N2O/c1-13(14-5-7-15(17)8-6-14)9-11-18-10-3-4-16(12-18)19-2/h5-8,13,16H,3-4,9-12,17H2,1-2H3. The van der Waals surface area contributed by atoms with Crippen molar-refractivity contribution in [2.75, 3.05) is 32.5 Å². The molecule has 1 aromatic carbocycles. The number of piperidine rings is 1. The van der Waals surface area contributed by atoms with E-state index in [-0.39, 0.29) is 0 Å². The van der Waals surface area contributed by atoms with Crippen molar-refractivity contribution < 1.29 is 4.74 Å². The van der Waals surface area contributed by atoms with Gasteiger partial charge in [-0.3, -0.25) is 0 Å². The number of nitrogens with zero attached hydrogens (tertiary/aromatic N) is 1. The van der Waals surface area contributed by atoms with E-state index < -0.39 is 0 Å². The van der Waals surface area contributed by atoms with Crippen LogP contribution in [0.4, 0.5) is 5.69 Å². The number of nitrogen functional groups attached to an aromatic ring is 1. The minimum atomic E-state index is 0.431. The molecular weight excluding hydrogens is 236 g/mol. The Hall–Kier alpha value is -1.06. The van der Waals surface area contributed by atoms with E-state index in [1.807, 2.05) is 19.2 Å². The SMILES string of the molecule is COC1CCCN(CCC(C)c2ccc(N)cc2)C1. The number of rotatable bonds is 5. The van der Waals surface area contributed by atoms with Crippen LogP contribution in [0.5, 0.6) is 0 Å². The topological polar surface area (TPSA) is 38.5 Å². The summed E-state index contributed by atoms with van der Waals surface area (Å²) in [6.07, 6.45) is 4.09. The molecule has 106 valence electrons. The molecule has 0 radical (unpaired) electrons. The highest BCUT2D eigenvalue weighted by Gasteiger charge is 2.19. The quantitative estimate of drug-likeness (QED) is 0.829. The fourth-order valence-corrected chi connectivity index (χ4v) is 2.78. The number of anilines is 1. The van der Waals surface area contributed by atoms with Gasteiger partial charge in [0.1, 0.15) is 0 Å². The molecule has 1 saturated heterocycles. The van der Waals surface area contributed by atoms with Gasteiger partial charge in [0, 0.05) is 19.3 Å². The molecule has 2 N–H and O–H groups in total. The summed E-state index contributed by atoms with van der Waals surface area (Å²) in [5.74, 6) is 0.587. The number of benzene rings is 1. The molecule has 1 aliphatic rings. The highest BCUT2D eigenvalue weighted by atomic mass is 16.5. The maximum absolute atomic E-state index is 5.73. The van der Waals surface area contributed by atoms with Crippen LogP contribution < -0.4 is 5.73 Å². The second-order valence-electron chi connectivity index (χ2n) is 5.66. The monoisotopic (exact) mass is 262 g/mol. The predicted octanol–water partition coefficient (Wildman–Crippen LogP) is 2.87. The van der Waals surface area contributed by atoms with Crippen molar-refractivity contribution >= 4 is 5.69 Å². The predicted molar refractivity (Wildman–Crippen MR) is 80.4 cm³/mol. The molecule has 0 aliphatic carbocycles. The summed E-state index contributed by atoms with van der Waals surface area (Å²) in [4.78, 5) is 2.53. The van der Waals surface area contributed by atoms with E-state index in [1.165, 1.54) is 31.4 Å². The normalized spacial score (nSPS) is 22.3. The van der Waals surface area contributed by atoms with E-state index in [0.717, 1.165) is 18.8 Å². The van der Waals surface area contributed by atoms with Gasteiger partial charge in [0.05, 0.1) is 6.10 Å². The molecule has 1 aromatic rings. The van der Waals surface area contributed by atoms with Crippen molar-refractivity contribution in [3.8, 4) is 0 Å². The van der Waals surface area contributed by atoms with Crippen LogP contribution in [0.3, 0.4) is 0 Å². The molecule has 3 heteroatoms. The van der Waals surface area contributed by atoms with Crippen molar-refractivity contribution in [3.05, 3.63) is 29.8 Å². The Balaban J connectivity index is 1.79. The second-order valence-corrected chi connectivity index (χ2v) is 5.66. The van der Waals surface area contributed by atoms with Gasteiger partial charge in [-0.25, -0.2) is 0 Å². The Morgan fingerprint density at radius 2 is 2.11 bits per heavy atom. The van der Waals surface area contributed by atoms with Crippen molar-refractivity contribution in [2.24, 2.45) is 0 Å². The average Bonchev–Trinajstić information content (AvgIpc) is 2.46. The third-order valence-corrected chi connectivity index (χ3v) is 4.18. The Morgan fingerprint density at radius 1 is 1.37 bits per heavy atom. The first kappa shape index (κ1) is 14.4. The molecule has 1 aliphatic heterocycles. The Morgan fingerprint density at radius 3 is 2.79 bits per heavy atom. The lowest BCUT2D eigenvalue weighted by atomic mass is 9.97. The van der Waals surface area contributed by atoms with Crippen LogP contribution in [0.15, 0.2) is 24.3 Å². The number of methoxy groups -OCH3 is 1. The molecule has 0 bridgehead atoms. The van der Waals surface area contributed by atoms with Crippen LogP contribution in [0.1, 0.15) is 37.7 Å². The molecular formula is C16H26N2O. The molecule has 2 unspecified atom stereocenters. The Kier molecular flexibility index (Phi) is 5.23. The summed E-state index contributed by atoms with van der Waals surface area (Å²) in [6, 6.07) is 8.28. The largest absolute Gasteiger partial charge is 0.399 e. The van der Waals surface area contributed by atoms with Gasteiger partial charge in [-0.2, -0.15) is 0 Å². The fraction of sp³-hybridized carbons (Fsp3) is 0.625. The van der Waals surface area contributed by atoms with E-state index >= 15 is 0 Å². The molecule has 0 amide bonds. The lowest BCUT2D eigenvalue weighted by Crippen LogP contribution is -2.39. The summed E-state index contributed by atoms with van der Waals surface area (Å²) >= 11 is 0. The number of hydrogen-bond acceptors (Lipinski definition) is 3. The van der Waals surface area contributed by atoms with E-state index in [2.05, 4.69) is 24.0 Å². The molecule has 3 nitrogen and oxygen atoms in total. The first-order valence-corrected chi connectivity index (χ1v) is 7.29. The lowest BCUT2D eigenvalue weighted by molar-refractivity contribution is 0.0306. The first-order chi connectivity index (χ1) is 9.19. The van der Waals surface area contributed by atoms with Crippen molar-refractivity contribution in [1.82, 2.24) is 4.90 Å². The summed E-state index contributed by atoms with van der Waals surface area (Å²) in [5.41, 5.74) is 7.95. The van der Waals surface area contributed by atoms with E-state index in [1.54, 1.807) is 0 Å². The summed E-state index contributed by atoms with van der Waals surface area (Å²) in [6.45, 7) is 5.76. The number of ether oxygens (including phenoxy) is 1. The average molecular weight is 262 g/mol. The third-order valence-electron chi connectivity index (χ3n) is 4.18. The van der Waals surface area contributed by atoms with Gasteiger partial charge in [-0.15, -0.1) is 0 Å². The van der Waals surface area contributed by atoms with Gasteiger partial charge < -0.3 is 15.4 Å². The van der Waals surface area contributed by atoms with Crippen LogP contribution in [0, 0.1) is 0 Å². The van der Waals surface area contributed by atoms with Crippen molar-refractivity contribution in [3.63, 3.8) is 0 Å². The van der Waals surface area contributed by atoms with Gasteiger partial charge in [-0.1, -0.05) is 19.1 Å². The Labute approximate surface area is 116 Å². The lowest BCUT2D eigenvalue weighted by Gasteiger charge is -2.32. The summed E-state index contributed by atoms with van der Waals surface area (Å²) in [7, 11) is 1.82. The molecule has 0 spiro atoms. The van der Waals surface area contributed by atoms with Crippen molar-refractivity contribution in [2.45, 2.75) is 38.2 Å². The number of likely N-dealkylation sites (tertiary alicyclic amines) is 1. The fourth-order valence-electron chi connectivity index (χ4n) is 2.78. The van der Waals surface area contributed by atoms with Crippen LogP contribution in [-0.4, -0.2) is 37.7 Å². The van der Waals surface area contributed by atoms with E-state index in [4.69, 9.17) is 10.5 Å². The zero-order chi connectivity index (χ0) is 13.7. The van der Waals surface area contributed by atoms with Crippen LogP contribution in [0.2, 0.25) is 0 Å². The molecule has 0 aromatic heterocycles.